The van der Waals surface area contributed by atoms with Gasteiger partial charge in [0.15, 0.2) is 0 Å². The fourth-order valence-corrected chi connectivity index (χ4v) is 3.30. The van der Waals surface area contributed by atoms with Gasteiger partial charge in [0.1, 0.15) is 5.01 Å². The van der Waals surface area contributed by atoms with E-state index in [1.807, 2.05) is 0 Å². The largest absolute Gasteiger partial charge is 0.308 e. The second kappa shape index (κ2) is 5.21. The number of aryl methyl sites for hydroxylation is 1. The Morgan fingerprint density at radius 3 is 2.78 bits per heavy atom. The van der Waals surface area contributed by atoms with Crippen LogP contribution >= 0.6 is 11.3 Å². The third-order valence-electron chi connectivity index (χ3n) is 3.48. The van der Waals surface area contributed by atoms with Crippen molar-refractivity contribution in [3.05, 3.63) is 40.2 Å². The lowest BCUT2D eigenvalue weighted by atomic mass is 10.1. The van der Waals surface area contributed by atoms with Gasteiger partial charge in [-0.15, -0.1) is 11.3 Å². The molecule has 3 rings (SSSR count). The predicted molar refractivity (Wildman–Crippen MR) is 76.9 cm³/mol. The van der Waals surface area contributed by atoms with Crippen LogP contribution in [0.2, 0.25) is 0 Å². The van der Waals surface area contributed by atoms with E-state index in [1.165, 1.54) is 35.4 Å². The summed E-state index contributed by atoms with van der Waals surface area (Å²) in [6, 6.07) is 9.08. The van der Waals surface area contributed by atoms with Crippen molar-refractivity contribution in [3.63, 3.8) is 0 Å². The first-order valence-corrected chi connectivity index (χ1v) is 7.47. The molecule has 0 spiro atoms. The van der Waals surface area contributed by atoms with Crippen LogP contribution in [-0.4, -0.2) is 11.5 Å². The second-order valence-corrected chi connectivity index (χ2v) is 5.83. The molecule has 0 amide bonds. The highest BCUT2D eigenvalue weighted by Crippen LogP contribution is 2.29. The van der Waals surface area contributed by atoms with Gasteiger partial charge in [0.25, 0.3) is 0 Å². The number of hydrogen-bond acceptors (Lipinski definition) is 3. The van der Waals surface area contributed by atoms with Gasteiger partial charge in [-0.25, -0.2) is 4.98 Å². The molecule has 2 aromatic rings. The summed E-state index contributed by atoms with van der Waals surface area (Å²) in [4.78, 5) is 4.79. The van der Waals surface area contributed by atoms with Crippen LogP contribution in [0.3, 0.4) is 0 Å². The highest BCUT2D eigenvalue weighted by molar-refractivity contribution is 7.10. The standard InChI is InChI=1S/C15H18N2S/c1-11-5-7-12(8-6-11)14-10-18-15(17-14)13-4-2-3-9-16-13/h5-8,10,13,16H,2-4,9H2,1H3. The van der Waals surface area contributed by atoms with Crippen molar-refractivity contribution in [3.8, 4) is 11.3 Å². The van der Waals surface area contributed by atoms with Crippen molar-refractivity contribution in [1.29, 1.82) is 0 Å². The van der Waals surface area contributed by atoms with Crippen LogP contribution in [0.15, 0.2) is 29.6 Å². The summed E-state index contributed by atoms with van der Waals surface area (Å²) < 4.78 is 0. The normalized spacial score (nSPS) is 19.9. The smallest absolute Gasteiger partial charge is 0.110 e. The molecule has 0 radical (unpaired) electrons. The number of rotatable bonds is 2. The van der Waals surface area contributed by atoms with E-state index in [4.69, 9.17) is 4.98 Å². The molecule has 2 nitrogen and oxygen atoms in total. The minimum Gasteiger partial charge on any atom is -0.308 e. The maximum absolute atomic E-state index is 4.79. The second-order valence-electron chi connectivity index (χ2n) is 4.94. The first-order valence-electron chi connectivity index (χ1n) is 6.59. The summed E-state index contributed by atoms with van der Waals surface area (Å²) in [6.45, 7) is 3.24. The molecule has 0 bridgehead atoms. The van der Waals surface area contributed by atoms with E-state index in [9.17, 15) is 0 Å². The van der Waals surface area contributed by atoms with Crippen LogP contribution in [0, 0.1) is 6.92 Å². The van der Waals surface area contributed by atoms with Crippen molar-refractivity contribution >= 4 is 11.3 Å². The topological polar surface area (TPSA) is 24.9 Å². The average molecular weight is 258 g/mol. The molecular formula is C15H18N2S. The molecule has 0 saturated carbocycles. The van der Waals surface area contributed by atoms with Gasteiger partial charge in [-0.05, 0) is 26.3 Å². The molecular weight excluding hydrogens is 240 g/mol. The van der Waals surface area contributed by atoms with Gasteiger partial charge < -0.3 is 5.32 Å². The van der Waals surface area contributed by atoms with Crippen LogP contribution < -0.4 is 5.32 Å². The molecule has 18 heavy (non-hydrogen) atoms. The Bertz CT molecular complexity index is 510. The number of nitrogens with zero attached hydrogens (tertiary/aromatic N) is 1. The molecule has 1 N–H and O–H groups in total. The Morgan fingerprint density at radius 2 is 2.06 bits per heavy atom. The maximum atomic E-state index is 4.79. The third-order valence-corrected chi connectivity index (χ3v) is 4.44. The van der Waals surface area contributed by atoms with Gasteiger partial charge in [-0.1, -0.05) is 36.2 Å². The average Bonchev–Trinajstić information content (AvgIpc) is 2.90. The first-order chi connectivity index (χ1) is 8.83. The lowest BCUT2D eigenvalue weighted by molar-refractivity contribution is 0.411. The predicted octanol–water partition coefficient (Wildman–Crippen LogP) is 3.93. The number of hydrogen-bond donors (Lipinski definition) is 1. The molecule has 1 aromatic heterocycles. The summed E-state index contributed by atoms with van der Waals surface area (Å²) in [7, 11) is 0. The van der Waals surface area contributed by atoms with Crippen molar-refractivity contribution in [2.45, 2.75) is 32.2 Å². The molecule has 1 aromatic carbocycles. The van der Waals surface area contributed by atoms with E-state index in [2.05, 4.69) is 41.9 Å². The number of piperidine rings is 1. The Balaban J connectivity index is 1.82. The summed E-state index contributed by atoms with van der Waals surface area (Å²) in [5.41, 5.74) is 3.63. The lowest BCUT2D eigenvalue weighted by Gasteiger charge is -2.21. The molecule has 1 aliphatic rings. The summed E-state index contributed by atoms with van der Waals surface area (Å²) in [5, 5.41) is 6.98. The SMILES string of the molecule is Cc1ccc(-c2csc(C3CCCCN3)n2)cc1. The van der Waals surface area contributed by atoms with Crippen LogP contribution in [-0.2, 0) is 0 Å². The van der Waals surface area contributed by atoms with Gasteiger partial charge in [0.2, 0.25) is 0 Å². The Kier molecular flexibility index (Phi) is 3.43. The third kappa shape index (κ3) is 2.47. The van der Waals surface area contributed by atoms with E-state index in [-0.39, 0.29) is 0 Å². The zero-order valence-corrected chi connectivity index (χ0v) is 11.5. The summed E-state index contributed by atoms with van der Waals surface area (Å²) in [6.07, 6.45) is 3.84. The van der Waals surface area contributed by atoms with Crippen molar-refractivity contribution in [2.75, 3.05) is 6.54 Å². The van der Waals surface area contributed by atoms with E-state index < -0.39 is 0 Å². The quantitative estimate of drug-likeness (QED) is 0.882. The van der Waals surface area contributed by atoms with E-state index in [0.29, 0.717) is 6.04 Å². The van der Waals surface area contributed by atoms with Crippen LogP contribution in [0.4, 0.5) is 0 Å². The first kappa shape index (κ1) is 11.9. The molecule has 1 atom stereocenters. The number of benzene rings is 1. The highest BCUT2D eigenvalue weighted by atomic mass is 32.1. The van der Waals surface area contributed by atoms with Gasteiger partial charge in [0.05, 0.1) is 11.7 Å². The van der Waals surface area contributed by atoms with Gasteiger partial charge in [0, 0.05) is 10.9 Å². The fraction of sp³-hybridized carbons (Fsp3) is 0.400. The van der Waals surface area contributed by atoms with Crippen LogP contribution in [0.5, 0.6) is 0 Å². The number of thiazole rings is 1. The molecule has 0 aliphatic carbocycles. The molecule has 2 heterocycles. The minimum absolute atomic E-state index is 0.475. The molecule has 1 fully saturated rings. The van der Waals surface area contributed by atoms with Crippen molar-refractivity contribution in [1.82, 2.24) is 10.3 Å². The summed E-state index contributed by atoms with van der Waals surface area (Å²) >= 11 is 1.78. The van der Waals surface area contributed by atoms with E-state index in [0.717, 1.165) is 12.2 Å². The number of aromatic nitrogens is 1. The molecule has 1 saturated heterocycles. The van der Waals surface area contributed by atoms with Crippen LogP contribution in [0.25, 0.3) is 11.3 Å². The molecule has 1 aliphatic heterocycles. The van der Waals surface area contributed by atoms with E-state index >= 15 is 0 Å². The zero-order chi connectivity index (χ0) is 12.4. The van der Waals surface area contributed by atoms with Crippen LogP contribution in [0.1, 0.15) is 35.9 Å². The monoisotopic (exact) mass is 258 g/mol. The maximum Gasteiger partial charge on any atom is 0.110 e. The van der Waals surface area contributed by atoms with Gasteiger partial charge in [-0.3, -0.25) is 0 Å². The minimum atomic E-state index is 0.475. The van der Waals surface area contributed by atoms with Crippen molar-refractivity contribution in [2.24, 2.45) is 0 Å². The Hall–Kier alpha value is -1.19. The number of nitrogens with one attached hydrogen (secondary N) is 1. The summed E-state index contributed by atoms with van der Waals surface area (Å²) in [5.74, 6) is 0. The Labute approximate surface area is 112 Å². The zero-order valence-electron chi connectivity index (χ0n) is 10.6. The molecule has 1 unspecified atom stereocenters. The van der Waals surface area contributed by atoms with Gasteiger partial charge >= 0.3 is 0 Å². The fourth-order valence-electron chi connectivity index (χ4n) is 2.37. The lowest BCUT2D eigenvalue weighted by Crippen LogP contribution is -2.26. The highest BCUT2D eigenvalue weighted by Gasteiger charge is 2.18. The van der Waals surface area contributed by atoms with Crippen molar-refractivity contribution < 1.29 is 0 Å². The van der Waals surface area contributed by atoms with E-state index in [1.54, 1.807) is 11.3 Å². The van der Waals surface area contributed by atoms with Gasteiger partial charge in [-0.2, -0.15) is 0 Å². The molecule has 94 valence electrons. The molecule has 3 heteroatoms. The Morgan fingerprint density at radius 1 is 1.22 bits per heavy atom.